The lowest BCUT2D eigenvalue weighted by atomic mass is 9.95. The van der Waals surface area contributed by atoms with Crippen molar-refractivity contribution in [3.05, 3.63) is 35.4 Å². The molecule has 1 fully saturated rings. The summed E-state index contributed by atoms with van der Waals surface area (Å²) in [4.78, 5) is 30.2. The molecule has 1 aliphatic rings. The Balaban J connectivity index is 1.79. The Hall–Kier alpha value is -2.57. The number of hydrogen-bond donors (Lipinski definition) is 3. The molecule has 0 saturated heterocycles. The number of nitrogens with zero attached hydrogens (tertiary/aromatic N) is 2. The Kier molecular flexibility index (Phi) is 9.47. The largest absolute Gasteiger partial charge is 0.357 e. The van der Waals surface area contributed by atoms with E-state index in [2.05, 4.69) is 20.9 Å². The minimum absolute atomic E-state index is 0.0124. The van der Waals surface area contributed by atoms with Crippen LogP contribution in [0.4, 0.5) is 0 Å². The molecule has 0 aliphatic heterocycles. The predicted octanol–water partition coefficient (Wildman–Crippen LogP) is 2.28. The van der Waals surface area contributed by atoms with Gasteiger partial charge in [-0.15, -0.1) is 0 Å². The monoisotopic (exact) mass is 401 g/mol. The number of nitrogens with one attached hydrogen (secondary N) is 3. The highest BCUT2D eigenvalue weighted by molar-refractivity contribution is 5.93. The number of aliphatic imine (C=N–C) groups is 1. The Morgan fingerprint density at radius 2 is 1.76 bits per heavy atom. The molecule has 29 heavy (non-hydrogen) atoms. The highest BCUT2D eigenvalue weighted by atomic mass is 16.2. The molecule has 2 amide bonds. The van der Waals surface area contributed by atoms with Crippen LogP contribution in [0.3, 0.4) is 0 Å². The van der Waals surface area contributed by atoms with E-state index in [4.69, 9.17) is 0 Å². The minimum atomic E-state index is -0.0124. The molecule has 160 valence electrons. The number of benzene rings is 1. The molecule has 0 spiro atoms. The van der Waals surface area contributed by atoms with Gasteiger partial charge in [0.1, 0.15) is 0 Å². The zero-order valence-corrected chi connectivity index (χ0v) is 18.0. The number of carbonyl (C=O) groups excluding carboxylic acids is 2. The van der Waals surface area contributed by atoms with E-state index in [9.17, 15) is 9.59 Å². The van der Waals surface area contributed by atoms with Gasteiger partial charge in [-0.3, -0.25) is 9.59 Å². The van der Waals surface area contributed by atoms with Crippen LogP contribution >= 0.6 is 0 Å². The predicted molar refractivity (Wildman–Crippen MR) is 117 cm³/mol. The highest BCUT2D eigenvalue weighted by Gasteiger charge is 2.15. The standard InChI is InChI=1S/C22H35N5O2/c1-4-23-22(24-15-14-20(28)26-19-8-6-5-7-9-19)25-16-17-10-12-18(13-11-17)21(29)27(2)3/h10-13,19H,4-9,14-16H2,1-3H3,(H,26,28)(H2,23,24,25). The third-order valence-electron chi connectivity index (χ3n) is 4.99. The quantitative estimate of drug-likeness (QED) is 0.461. The number of carbonyl (C=O) groups is 2. The summed E-state index contributed by atoms with van der Waals surface area (Å²) in [6.45, 7) is 3.80. The Morgan fingerprint density at radius 1 is 1.07 bits per heavy atom. The SMILES string of the molecule is CCNC(=NCc1ccc(C(=O)N(C)C)cc1)NCCC(=O)NC1CCCCC1. The van der Waals surface area contributed by atoms with Gasteiger partial charge in [0.15, 0.2) is 5.96 Å². The first-order valence-corrected chi connectivity index (χ1v) is 10.6. The lowest BCUT2D eigenvalue weighted by molar-refractivity contribution is -0.121. The van der Waals surface area contributed by atoms with Gasteiger partial charge in [0.25, 0.3) is 5.91 Å². The molecular formula is C22H35N5O2. The summed E-state index contributed by atoms with van der Waals surface area (Å²) in [5.41, 5.74) is 1.68. The van der Waals surface area contributed by atoms with Gasteiger partial charge in [0.05, 0.1) is 6.54 Å². The van der Waals surface area contributed by atoms with E-state index in [-0.39, 0.29) is 11.8 Å². The van der Waals surface area contributed by atoms with E-state index in [1.807, 2.05) is 31.2 Å². The van der Waals surface area contributed by atoms with Crippen molar-refractivity contribution in [2.24, 2.45) is 4.99 Å². The van der Waals surface area contributed by atoms with E-state index in [1.165, 1.54) is 19.3 Å². The number of rotatable bonds is 8. The Morgan fingerprint density at radius 3 is 2.38 bits per heavy atom. The van der Waals surface area contributed by atoms with Crippen molar-refractivity contribution in [2.75, 3.05) is 27.2 Å². The molecule has 0 unspecified atom stereocenters. The van der Waals surface area contributed by atoms with Crippen LogP contribution in [0.2, 0.25) is 0 Å². The van der Waals surface area contributed by atoms with E-state index < -0.39 is 0 Å². The van der Waals surface area contributed by atoms with Gasteiger partial charge in [-0.05, 0) is 37.5 Å². The van der Waals surface area contributed by atoms with Crippen molar-refractivity contribution in [1.29, 1.82) is 0 Å². The minimum Gasteiger partial charge on any atom is -0.357 e. The van der Waals surface area contributed by atoms with Gasteiger partial charge < -0.3 is 20.9 Å². The van der Waals surface area contributed by atoms with Crippen LogP contribution in [0.25, 0.3) is 0 Å². The van der Waals surface area contributed by atoms with Gasteiger partial charge in [-0.2, -0.15) is 0 Å². The van der Waals surface area contributed by atoms with Gasteiger partial charge in [-0.1, -0.05) is 31.4 Å². The summed E-state index contributed by atoms with van der Waals surface area (Å²) >= 11 is 0. The van der Waals surface area contributed by atoms with Crippen LogP contribution in [-0.4, -0.2) is 55.9 Å². The molecule has 7 heteroatoms. The first kappa shape index (κ1) is 22.7. The van der Waals surface area contributed by atoms with Crippen molar-refractivity contribution < 1.29 is 9.59 Å². The van der Waals surface area contributed by atoms with Gasteiger partial charge >= 0.3 is 0 Å². The fraction of sp³-hybridized carbons (Fsp3) is 0.591. The maximum absolute atomic E-state index is 12.1. The fourth-order valence-electron chi connectivity index (χ4n) is 3.36. The van der Waals surface area contributed by atoms with Crippen molar-refractivity contribution in [3.8, 4) is 0 Å². The van der Waals surface area contributed by atoms with Gasteiger partial charge in [0, 0.05) is 45.2 Å². The molecule has 1 aromatic rings. The smallest absolute Gasteiger partial charge is 0.253 e. The average Bonchev–Trinajstić information content (AvgIpc) is 2.72. The average molecular weight is 402 g/mol. The van der Waals surface area contributed by atoms with Crippen LogP contribution in [-0.2, 0) is 11.3 Å². The van der Waals surface area contributed by atoms with Gasteiger partial charge in [0.2, 0.25) is 5.91 Å². The topological polar surface area (TPSA) is 85.8 Å². The molecular weight excluding hydrogens is 366 g/mol. The Bertz CT molecular complexity index is 679. The molecule has 1 aromatic carbocycles. The molecule has 0 heterocycles. The second kappa shape index (κ2) is 12.1. The van der Waals surface area contributed by atoms with Crippen LogP contribution in [0.5, 0.6) is 0 Å². The maximum Gasteiger partial charge on any atom is 0.253 e. The second-order valence-electron chi connectivity index (χ2n) is 7.67. The lowest BCUT2D eigenvalue weighted by Crippen LogP contribution is -2.41. The molecule has 1 saturated carbocycles. The summed E-state index contributed by atoms with van der Waals surface area (Å²) in [6, 6.07) is 7.83. The Labute approximate surface area is 174 Å². The molecule has 2 rings (SSSR count). The van der Waals surface area contributed by atoms with Crippen LogP contribution in [0.1, 0.15) is 61.4 Å². The normalized spacial score (nSPS) is 14.9. The van der Waals surface area contributed by atoms with Gasteiger partial charge in [-0.25, -0.2) is 4.99 Å². The number of amides is 2. The summed E-state index contributed by atoms with van der Waals surface area (Å²) < 4.78 is 0. The molecule has 1 aliphatic carbocycles. The second-order valence-corrected chi connectivity index (χ2v) is 7.67. The van der Waals surface area contributed by atoms with E-state index in [1.54, 1.807) is 19.0 Å². The molecule has 7 nitrogen and oxygen atoms in total. The lowest BCUT2D eigenvalue weighted by Gasteiger charge is -2.22. The van der Waals surface area contributed by atoms with E-state index in [0.717, 1.165) is 24.9 Å². The van der Waals surface area contributed by atoms with E-state index in [0.29, 0.717) is 37.1 Å². The van der Waals surface area contributed by atoms with Crippen molar-refractivity contribution in [2.45, 2.75) is 58.0 Å². The van der Waals surface area contributed by atoms with Crippen LogP contribution in [0.15, 0.2) is 29.3 Å². The van der Waals surface area contributed by atoms with E-state index >= 15 is 0 Å². The third kappa shape index (κ3) is 8.13. The van der Waals surface area contributed by atoms with Crippen LogP contribution < -0.4 is 16.0 Å². The maximum atomic E-state index is 12.1. The third-order valence-corrected chi connectivity index (χ3v) is 4.99. The van der Waals surface area contributed by atoms with Crippen molar-refractivity contribution >= 4 is 17.8 Å². The summed E-state index contributed by atoms with van der Waals surface area (Å²) in [6.07, 6.45) is 6.34. The summed E-state index contributed by atoms with van der Waals surface area (Å²) in [5.74, 6) is 0.773. The zero-order valence-electron chi connectivity index (χ0n) is 18.0. The molecule has 0 radical (unpaired) electrons. The number of hydrogen-bond acceptors (Lipinski definition) is 3. The molecule has 3 N–H and O–H groups in total. The van der Waals surface area contributed by atoms with Crippen LogP contribution in [0, 0.1) is 0 Å². The molecule has 0 aromatic heterocycles. The summed E-state index contributed by atoms with van der Waals surface area (Å²) in [5, 5.41) is 9.55. The summed E-state index contributed by atoms with van der Waals surface area (Å²) in [7, 11) is 3.48. The first-order chi connectivity index (χ1) is 14.0. The van der Waals surface area contributed by atoms with Crippen molar-refractivity contribution in [3.63, 3.8) is 0 Å². The molecule has 0 atom stereocenters. The zero-order chi connectivity index (χ0) is 21.1. The molecule has 0 bridgehead atoms. The fourth-order valence-corrected chi connectivity index (χ4v) is 3.36. The first-order valence-electron chi connectivity index (χ1n) is 10.6. The van der Waals surface area contributed by atoms with Crippen molar-refractivity contribution in [1.82, 2.24) is 20.9 Å². The number of guanidine groups is 1. The highest BCUT2D eigenvalue weighted by Crippen LogP contribution is 2.17.